The molecule has 1 aromatic heterocycles. The minimum atomic E-state index is -0.0794. The number of hydrogen-bond donors (Lipinski definition) is 1. The molecule has 1 N–H and O–H groups in total. The molecule has 0 spiro atoms. The van der Waals surface area contributed by atoms with Crippen molar-refractivity contribution in [1.29, 1.82) is 0 Å². The summed E-state index contributed by atoms with van der Waals surface area (Å²) in [6.45, 7) is 1.88. The number of benzene rings is 2. The second kappa shape index (κ2) is 4.81. The van der Waals surface area contributed by atoms with Crippen LogP contribution in [0, 0.1) is 6.92 Å². The van der Waals surface area contributed by atoms with Crippen LogP contribution >= 0.6 is 0 Å². The van der Waals surface area contributed by atoms with Crippen LogP contribution in [0.15, 0.2) is 53.3 Å². The molecule has 1 heterocycles. The van der Waals surface area contributed by atoms with Crippen LogP contribution in [0.1, 0.15) is 5.82 Å². The maximum atomic E-state index is 12.0. The topological polar surface area (TPSA) is 46.0 Å². The zero-order valence-electron chi connectivity index (χ0n) is 11.4. The van der Waals surface area contributed by atoms with Crippen molar-refractivity contribution in [2.45, 2.75) is 6.92 Å². The lowest BCUT2D eigenvalue weighted by Crippen LogP contribution is -2.39. The maximum Gasteiger partial charge on any atom is 0.343 e. The quantitative estimate of drug-likeness (QED) is 0.723. The summed E-state index contributed by atoms with van der Waals surface area (Å²) in [7, 11) is 1.64. The fourth-order valence-electron chi connectivity index (χ4n) is 2.45. The van der Waals surface area contributed by atoms with Crippen LogP contribution in [-0.4, -0.2) is 12.1 Å². The van der Waals surface area contributed by atoms with Crippen LogP contribution < -0.4 is 14.9 Å². The lowest BCUT2D eigenvalue weighted by molar-refractivity contribution is -0.578. The Bertz CT molecular complexity index is 837. The van der Waals surface area contributed by atoms with Crippen LogP contribution in [0.25, 0.3) is 16.6 Å². The number of H-pyrrole nitrogens is 1. The summed E-state index contributed by atoms with van der Waals surface area (Å²) in [5, 5.41) is 0.656. The molecule has 0 saturated heterocycles. The molecule has 4 heteroatoms. The summed E-state index contributed by atoms with van der Waals surface area (Å²) in [5.41, 5.74) is 1.68. The van der Waals surface area contributed by atoms with Crippen molar-refractivity contribution >= 4 is 10.9 Å². The molecule has 4 nitrogen and oxygen atoms in total. The van der Waals surface area contributed by atoms with E-state index in [0.29, 0.717) is 5.39 Å². The molecule has 0 bridgehead atoms. The van der Waals surface area contributed by atoms with E-state index < -0.39 is 0 Å². The third-order valence-electron chi connectivity index (χ3n) is 3.35. The third kappa shape index (κ3) is 1.86. The highest BCUT2D eigenvalue weighted by Crippen LogP contribution is 2.19. The van der Waals surface area contributed by atoms with Crippen molar-refractivity contribution in [3.8, 4) is 11.4 Å². The molecular weight excluding hydrogens is 252 g/mol. The van der Waals surface area contributed by atoms with E-state index in [1.54, 1.807) is 7.11 Å². The molecule has 20 heavy (non-hydrogen) atoms. The highest BCUT2D eigenvalue weighted by atomic mass is 16.5. The monoisotopic (exact) mass is 267 g/mol. The van der Waals surface area contributed by atoms with Crippen molar-refractivity contribution < 1.29 is 9.30 Å². The van der Waals surface area contributed by atoms with Gasteiger partial charge in [-0.1, -0.05) is 24.3 Å². The van der Waals surface area contributed by atoms with E-state index in [1.807, 2.05) is 60.0 Å². The molecule has 3 rings (SSSR count). The molecular formula is C16H15N2O2+. The molecule has 0 fully saturated rings. The SMILES string of the molecule is COc1ccccc1-[n+]1c(C)[nH]c(=O)c2ccccc21. The van der Waals surface area contributed by atoms with Gasteiger partial charge < -0.3 is 4.74 Å². The van der Waals surface area contributed by atoms with Gasteiger partial charge in [-0.25, -0.2) is 9.78 Å². The van der Waals surface area contributed by atoms with Gasteiger partial charge in [-0.2, -0.15) is 4.57 Å². The fraction of sp³-hybridized carbons (Fsp3) is 0.125. The smallest absolute Gasteiger partial charge is 0.343 e. The third-order valence-corrected chi connectivity index (χ3v) is 3.35. The Morgan fingerprint density at radius 3 is 2.55 bits per heavy atom. The normalized spacial score (nSPS) is 10.7. The Hall–Kier alpha value is -2.62. The van der Waals surface area contributed by atoms with Crippen LogP contribution in [0.3, 0.4) is 0 Å². The number of aromatic amines is 1. The van der Waals surface area contributed by atoms with Crippen LogP contribution in [0.2, 0.25) is 0 Å². The maximum absolute atomic E-state index is 12.0. The second-order valence-electron chi connectivity index (χ2n) is 4.56. The zero-order valence-corrected chi connectivity index (χ0v) is 11.4. The van der Waals surface area contributed by atoms with E-state index in [4.69, 9.17) is 4.74 Å². The predicted molar refractivity (Wildman–Crippen MR) is 77.4 cm³/mol. The van der Waals surface area contributed by atoms with E-state index >= 15 is 0 Å². The summed E-state index contributed by atoms with van der Waals surface area (Å²) < 4.78 is 7.42. The fourth-order valence-corrected chi connectivity index (χ4v) is 2.45. The number of hydrogen-bond acceptors (Lipinski definition) is 2. The largest absolute Gasteiger partial charge is 0.492 e. The molecule has 0 radical (unpaired) electrons. The Kier molecular flexibility index (Phi) is 2.99. The molecule has 3 aromatic rings. The van der Waals surface area contributed by atoms with Gasteiger partial charge in [0.05, 0.1) is 7.11 Å². The minimum absolute atomic E-state index is 0.0794. The number of para-hydroxylation sites is 3. The molecule has 0 aliphatic rings. The van der Waals surface area contributed by atoms with E-state index in [2.05, 4.69) is 4.98 Å². The zero-order chi connectivity index (χ0) is 14.1. The summed E-state index contributed by atoms with van der Waals surface area (Å²) in [6, 6.07) is 15.3. The first-order valence-electron chi connectivity index (χ1n) is 6.39. The molecule has 0 aliphatic carbocycles. The first-order valence-corrected chi connectivity index (χ1v) is 6.39. The van der Waals surface area contributed by atoms with Crippen LogP contribution in [0.5, 0.6) is 5.75 Å². The number of ether oxygens (including phenoxy) is 1. The van der Waals surface area contributed by atoms with Crippen LogP contribution in [-0.2, 0) is 0 Å². The summed E-state index contributed by atoms with van der Waals surface area (Å²) in [6.07, 6.45) is 0. The lowest BCUT2D eigenvalue weighted by Gasteiger charge is -2.10. The summed E-state index contributed by atoms with van der Waals surface area (Å²) in [5.74, 6) is 1.52. The number of methoxy groups -OCH3 is 1. The molecule has 0 aliphatic heterocycles. The Balaban J connectivity index is 2.45. The van der Waals surface area contributed by atoms with Gasteiger partial charge >= 0.3 is 5.56 Å². The Labute approximate surface area is 116 Å². The average Bonchev–Trinajstić information content (AvgIpc) is 2.48. The Morgan fingerprint density at radius 2 is 1.75 bits per heavy atom. The molecule has 0 atom stereocenters. The minimum Gasteiger partial charge on any atom is -0.492 e. The first-order chi connectivity index (χ1) is 9.72. The number of nitrogens with one attached hydrogen (secondary N) is 1. The van der Waals surface area contributed by atoms with Gasteiger partial charge in [0.15, 0.2) is 11.4 Å². The summed E-state index contributed by atoms with van der Waals surface area (Å²) in [4.78, 5) is 14.9. The first kappa shape index (κ1) is 12.4. The van der Waals surface area contributed by atoms with Gasteiger partial charge in [0.1, 0.15) is 10.9 Å². The molecule has 2 aromatic carbocycles. The van der Waals surface area contributed by atoms with E-state index in [0.717, 1.165) is 22.8 Å². The van der Waals surface area contributed by atoms with Crippen molar-refractivity contribution in [2.24, 2.45) is 0 Å². The highest BCUT2D eigenvalue weighted by molar-refractivity contribution is 5.74. The van der Waals surface area contributed by atoms with Gasteiger partial charge in [0.25, 0.3) is 5.82 Å². The second-order valence-corrected chi connectivity index (χ2v) is 4.56. The Morgan fingerprint density at radius 1 is 1.05 bits per heavy atom. The van der Waals surface area contributed by atoms with Crippen molar-refractivity contribution in [2.75, 3.05) is 7.11 Å². The number of aryl methyl sites for hydroxylation is 1. The molecule has 0 unspecified atom stereocenters. The van der Waals surface area contributed by atoms with Gasteiger partial charge in [-0.15, -0.1) is 0 Å². The number of rotatable bonds is 2. The highest BCUT2D eigenvalue weighted by Gasteiger charge is 2.18. The van der Waals surface area contributed by atoms with Crippen LogP contribution in [0.4, 0.5) is 0 Å². The molecule has 0 amide bonds. The number of aromatic nitrogens is 2. The van der Waals surface area contributed by atoms with E-state index in [1.165, 1.54) is 0 Å². The van der Waals surface area contributed by atoms with Crippen molar-refractivity contribution in [3.05, 3.63) is 64.7 Å². The number of nitrogens with zero attached hydrogens (tertiary/aromatic N) is 1. The molecule has 100 valence electrons. The van der Waals surface area contributed by atoms with Crippen molar-refractivity contribution in [3.63, 3.8) is 0 Å². The molecule has 0 saturated carbocycles. The average molecular weight is 267 g/mol. The van der Waals surface area contributed by atoms with Gasteiger partial charge in [0, 0.05) is 6.92 Å². The number of fused-ring (bicyclic) bond motifs is 1. The van der Waals surface area contributed by atoms with E-state index in [-0.39, 0.29) is 5.56 Å². The standard InChI is InChI=1S/C16H14N2O2/c1-11-17-16(19)12-7-3-4-8-13(12)18(11)14-9-5-6-10-15(14)20-2/h3-10H,1-2H3/p+1. The van der Waals surface area contributed by atoms with Crippen molar-refractivity contribution in [1.82, 2.24) is 4.98 Å². The van der Waals surface area contributed by atoms with Gasteiger partial charge in [0.2, 0.25) is 0 Å². The van der Waals surface area contributed by atoms with Gasteiger partial charge in [-0.3, -0.25) is 0 Å². The van der Waals surface area contributed by atoms with E-state index in [9.17, 15) is 4.79 Å². The van der Waals surface area contributed by atoms with Gasteiger partial charge in [-0.05, 0) is 24.3 Å². The summed E-state index contributed by atoms with van der Waals surface area (Å²) >= 11 is 0. The predicted octanol–water partition coefficient (Wildman–Crippen LogP) is 2.12. The lowest BCUT2D eigenvalue weighted by atomic mass is 10.2.